The molecule has 2 aliphatic rings. The van der Waals surface area contributed by atoms with E-state index in [-0.39, 0.29) is 18.7 Å². The molecule has 1 aromatic carbocycles. The number of fused-ring (bicyclic) bond motifs is 1. The van der Waals surface area contributed by atoms with Crippen LogP contribution in [0.5, 0.6) is 11.5 Å². The lowest BCUT2D eigenvalue weighted by molar-refractivity contribution is -0.140. The van der Waals surface area contributed by atoms with Crippen molar-refractivity contribution in [3.05, 3.63) is 33.4 Å². The number of allylic oxidation sites excluding steroid dienone is 1. The summed E-state index contributed by atoms with van der Waals surface area (Å²) in [6.07, 6.45) is 2.02. The Kier molecular flexibility index (Phi) is 5.94. The summed E-state index contributed by atoms with van der Waals surface area (Å²) in [5, 5.41) is 5.46. The van der Waals surface area contributed by atoms with Gasteiger partial charge >= 0.3 is 12.0 Å². The minimum Gasteiger partial charge on any atom is -0.462 e. The zero-order valence-electron chi connectivity index (χ0n) is 15.6. The van der Waals surface area contributed by atoms with Crippen molar-refractivity contribution in [2.75, 3.05) is 13.4 Å². The Morgan fingerprint density at radius 3 is 2.78 bits per heavy atom. The van der Waals surface area contributed by atoms with Crippen LogP contribution in [0.15, 0.2) is 27.9 Å². The number of carbonyl (C=O) groups excluding carboxylic acids is 2. The van der Waals surface area contributed by atoms with E-state index in [1.807, 2.05) is 6.92 Å². The molecule has 2 heterocycles. The number of urea groups is 1. The first-order chi connectivity index (χ1) is 12.9. The van der Waals surface area contributed by atoms with Crippen molar-refractivity contribution < 1.29 is 23.8 Å². The molecular formula is C19H23BrN2O5. The van der Waals surface area contributed by atoms with E-state index < -0.39 is 12.0 Å². The molecule has 2 atom stereocenters. The summed E-state index contributed by atoms with van der Waals surface area (Å²) >= 11 is 3.50. The second-order valence-electron chi connectivity index (χ2n) is 6.79. The molecule has 3 rings (SSSR count). The lowest BCUT2D eigenvalue weighted by Crippen LogP contribution is -2.45. The van der Waals surface area contributed by atoms with Gasteiger partial charge in [-0.3, -0.25) is 0 Å². The predicted octanol–water partition coefficient (Wildman–Crippen LogP) is 3.79. The minimum atomic E-state index is -0.656. The fraction of sp³-hybridized carbons (Fsp3) is 0.474. The van der Waals surface area contributed by atoms with E-state index in [1.165, 1.54) is 0 Å². The molecule has 0 aromatic heterocycles. The number of benzene rings is 1. The summed E-state index contributed by atoms with van der Waals surface area (Å²) in [6, 6.07) is 2.51. The summed E-state index contributed by atoms with van der Waals surface area (Å²) in [5.74, 6) is 1.02. The molecule has 8 heteroatoms. The highest BCUT2D eigenvalue weighted by molar-refractivity contribution is 9.10. The highest BCUT2D eigenvalue weighted by Crippen LogP contribution is 2.41. The molecule has 146 valence electrons. The van der Waals surface area contributed by atoms with Gasteiger partial charge in [-0.25, -0.2) is 9.59 Å². The molecule has 0 fully saturated rings. The molecule has 27 heavy (non-hydrogen) atoms. The highest BCUT2D eigenvalue weighted by atomic mass is 79.9. The molecule has 1 aromatic rings. The van der Waals surface area contributed by atoms with Gasteiger partial charge < -0.3 is 24.8 Å². The molecule has 0 saturated heterocycles. The summed E-state index contributed by atoms with van der Waals surface area (Å²) in [5.41, 5.74) is 1.54. The Morgan fingerprint density at radius 2 is 2.07 bits per heavy atom. The molecule has 2 N–H and O–H groups in total. The number of carbonyl (C=O) groups is 2. The van der Waals surface area contributed by atoms with Gasteiger partial charge in [0.15, 0.2) is 11.5 Å². The van der Waals surface area contributed by atoms with Gasteiger partial charge in [0, 0.05) is 10.2 Å². The summed E-state index contributed by atoms with van der Waals surface area (Å²) in [7, 11) is 0. The minimum absolute atomic E-state index is 0.142. The monoisotopic (exact) mass is 438 g/mol. The third kappa shape index (κ3) is 4.21. The predicted molar refractivity (Wildman–Crippen MR) is 102 cm³/mol. The first-order valence-corrected chi connectivity index (χ1v) is 9.74. The number of esters is 1. The van der Waals surface area contributed by atoms with Crippen LogP contribution in [-0.4, -0.2) is 25.4 Å². The SMILES string of the molecule is CCC[C@H](C)COC(=O)C1=C(C)NC(=O)N[C@H]1c1cc2c(cc1Br)OCO2. The molecular weight excluding hydrogens is 416 g/mol. The van der Waals surface area contributed by atoms with Crippen LogP contribution in [-0.2, 0) is 9.53 Å². The second kappa shape index (κ2) is 8.21. The first kappa shape index (κ1) is 19.5. The number of halogens is 1. The van der Waals surface area contributed by atoms with Gasteiger partial charge in [0.2, 0.25) is 6.79 Å². The summed E-state index contributed by atoms with van der Waals surface area (Å²) < 4.78 is 17.0. The zero-order chi connectivity index (χ0) is 19.6. The van der Waals surface area contributed by atoms with E-state index in [2.05, 4.69) is 33.5 Å². The van der Waals surface area contributed by atoms with Crippen LogP contribution < -0.4 is 20.1 Å². The standard InChI is InChI=1S/C19H23BrN2O5/c1-4-5-10(2)8-25-18(23)16-11(3)21-19(24)22-17(16)12-6-14-15(7-13(12)20)27-9-26-14/h6-7,10,17H,4-5,8-9H2,1-3H3,(H2,21,22,24)/t10-,17-/m0/s1. The van der Waals surface area contributed by atoms with Gasteiger partial charge in [-0.15, -0.1) is 0 Å². The molecule has 0 spiro atoms. The summed E-state index contributed by atoms with van der Waals surface area (Å²) in [4.78, 5) is 24.9. The Balaban J connectivity index is 1.89. The fourth-order valence-corrected chi connectivity index (χ4v) is 3.77. The third-order valence-electron chi connectivity index (χ3n) is 4.57. The molecule has 0 unspecified atom stereocenters. The maximum Gasteiger partial charge on any atom is 0.338 e. The van der Waals surface area contributed by atoms with Crippen molar-refractivity contribution >= 4 is 27.9 Å². The maximum absolute atomic E-state index is 12.8. The van der Waals surface area contributed by atoms with E-state index in [4.69, 9.17) is 14.2 Å². The van der Waals surface area contributed by atoms with Crippen LogP contribution in [0.2, 0.25) is 0 Å². The van der Waals surface area contributed by atoms with Crippen LogP contribution in [0, 0.1) is 5.92 Å². The van der Waals surface area contributed by atoms with E-state index in [0.717, 1.165) is 12.8 Å². The van der Waals surface area contributed by atoms with Crippen molar-refractivity contribution in [1.82, 2.24) is 10.6 Å². The number of rotatable bonds is 6. The van der Waals surface area contributed by atoms with E-state index >= 15 is 0 Å². The average Bonchev–Trinajstić information content (AvgIpc) is 3.05. The number of nitrogens with one attached hydrogen (secondary N) is 2. The number of amides is 2. The normalized spacial score (nSPS) is 19.4. The third-order valence-corrected chi connectivity index (χ3v) is 5.26. The fourth-order valence-electron chi connectivity index (χ4n) is 3.22. The lowest BCUT2D eigenvalue weighted by Gasteiger charge is -2.29. The van der Waals surface area contributed by atoms with Gasteiger partial charge in [-0.1, -0.05) is 36.2 Å². The zero-order valence-corrected chi connectivity index (χ0v) is 17.1. The Bertz CT molecular complexity index is 793. The van der Waals surface area contributed by atoms with Gasteiger partial charge in [0.05, 0.1) is 18.2 Å². The van der Waals surface area contributed by atoms with Crippen molar-refractivity contribution in [2.45, 2.75) is 39.7 Å². The highest BCUT2D eigenvalue weighted by Gasteiger charge is 2.34. The van der Waals surface area contributed by atoms with Crippen molar-refractivity contribution in [1.29, 1.82) is 0 Å². The topological polar surface area (TPSA) is 85.9 Å². The molecule has 0 aliphatic carbocycles. The van der Waals surface area contributed by atoms with Crippen LogP contribution in [0.4, 0.5) is 4.79 Å². The number of hydrogen-bond acceptors (Lipinski definition) is 5. The maximum atomic E-state index is 12.8. The quantitative estimate of drug-likeness (QED) is 0.659. The van der Waals surface area contributed by atoms with E-state index in [9.17, 15) is 9.59 Å². The van der Waals surface area contributed by atoms with E-state index in [1.54, 1.807) is 19.1 Å². The van der Waals surface area contributed by atoms with Gasteiger partial charge in [-0.2, -0.15) is 0 Å². The molecule has 0 bridgehead atoms. The number of hydrogen-bond donors (Lipinski definition) is 2. The largest absolute Gasteiger partial charge is 0.462 e. The Hall–Kier alpha value is -2.22. The molecule has 2 amide bonds. The average molecular weight is 439 g/mol. The van der Waals surface area contributed by atoms with Crippen LogP contribution in [0.25, 0.3) is 0 Å². The van der Waals surface area contributed by atoms with E-state index in [0.29, 0.717) is 39.4 Å². The second-order valence-corrected chi connectivity index (χ2v) is 7.64. The number of ether oxygens (including phenoxy) is 3. The van der Waals surface area contributed by atoms with Crippen LogP contribution >= 0.6 is 15.9 Å². The Morgan fingerprint density at radius 1 is 1.37 bits per heavy atom. The van der Waals surface area contributed by atoms with Gasteiger partial charge in [0.25, 0.3) is 0 Å². The Labute approximate surface area is 166 Å². The van der Waals surface area contributed by atoms with Crippen molar-refractivity contribution in [3.63, 3.8) is 0 Å². The van der Waals surface area contributed by atoms with Crippen LogP contribution in [0.3, 0.4) is 0 Å². The summed E-state index contributed by atoms with van der Waals surface area (Å²) in [6.45, 7) is 6.32. The molecule has 2 aliphatic heterocycles. The van der Waals surface area contributed by atoms with Gasteiger partial charge in [-0.05, 0) is 37.0 Å². The lowest BCUT2D eigenvalue weighted by atomic mass is 9.95. The smallest absolute Gasteiger partial charge is 0.338 e. The van der Waals surface area contributed by atoms with Crippen molar-refractivity contribution in [2.24, 2.45) is 5.92 Å². The molecule has 0 radical (unpaired) electrons. The first-order valence-electron chi connectivity index (χ1n) is 8.95. The van der Waals surface area contributed by atoms with Crippen molar-refractivity contribution in [3.8, 4) is 11.5 Å². The van der Waals surface area contributed by atoms with Gasteiger partial charge in [0.1, 0.15) is 0 Å². The molecule has 7 nitrogen and oxygen atoms in total. The van der Waals surface area contributed by atoms with Crippen LogP contribution in [0.1, 0.15) is 45.2 Å². The molecule has 0 saturated carbocycles.